The van der Waals surface area contributed by atoms with E-state index in [2.05, 4.69) is 15.5 Å². The van der Waals surface area contributed by atoms with Gasteiger partial charge in [0.2, 0.25) is 23.6 Å². The smallest absolute Gasteiger partial charge is 0.248 e. The number of rotatable bonds is 6. The van der Waals surface area contributed by atoms with Crippen LogP contribution in [0.3, 0.4) is 0 Å². The maximum atomic E-state index is 12.4. The van der Waals surface area contributed by atoms with Gasteiger partial charge in [-0.15, -0.1) is 10.2 Å². The van der Waals surface area contributed by atoms with E-state index in [-0.39, 0.29) is 18.2 Å². The Bertz CT molecular complexity index is 952. The van der Waals surface area contributed by atoms with Crippen LogP contribution in [0.2, 0.25) is 0 Å². The number of thiophene rings is 1. The van der Waals surface area contributed by atoms with Gasteiger partial charge in [0.05, 0.1) is 11.4 Å². The van der Waals surface area contributed by atoms with E-state index < -0.39 is 0 Å². The molecule has 1 aromatic carbocycles. The van der Waals surface area contributed by atoms with Crippen LogP contribution in [-0.4, -0.2) is 28.6 Å². The summed E-state index contributed by atoms with van der Waals surface area (Å²) in [4.78, 5) is 26.1. The van der Waals surface area contributed by atoms with Crippen molar-refractivity contribution in [2.45, 2.75) is 25.7 Å². The Kier molecular flexibility index (Phi) is 4.97. The van der Waals surface area contributed by atoms with Gasteiger partial charge < -0.3 is 14.6 Å². The number of hydrogen-bond acceptors (Lipinski definition) is 6. The molecule has 3 aromatic rings. The van der Waals surface area contributed by atoms with Crippen molar-refractivity contribution in [2.75, 3.05) is 16.8 Å². The van der Waals surface area contributed by atoms with Gasteiger partial charge >= 0.3 is 0 Å². The van der Waals surface area contributed by atoms with E-state index in [0.29, 0.717) is 36.9 Å². The van der Waals surface area contributed by atoms with Gasteiger partial charge in [0.25, 0.3) is 0 Å². The fraction of sp³-hybridized carbons (Fsp3) is 0.263. The summed E-state index contributed by atoms with van der Waals surface area (Å²) in [6.45, 7) is 0.680. The zero-order valence-electron chi connectivity index (χ0n) is 14.6. The van der Waals surface area contributed by atoms with Crippen LogP contribution in [0.25, 0.3) is 11.5 Å². The molecule has 8 heteroatoms. The highest BCUT2D eigenvalue weighted by Crippen LogP contribution is 2.29. The van der Waals surface area contributed by atoms with Crippen molar-refractivity contribution in [3.63, 3.8) is 0 Å². The number of nitrogens with zero attached hydrogens (tertiary/aromatic N) is 3. The van der Waals surface area contributed by atoms with Crippen LogP contribution in [0.4, 0.5) is 11.4 Å². The van der Waals surface area contributed by atoms with Crippen LogP contribution in [0.5, 0.6) is 0 Å². The van der Waals surface area contributed by atoms with E-state index in [1.54, 1.807) is 22.3 Å². The van der Waals surface area contributed by atoms with Crippen LogP contribution in [0.1, 0.15) is 25.2 Å². The number of benzene rings is 1. The zero-order chi connectivity index (χ0) is 18.6. The van der Waals surface area contributed by atoms with E-state index in [1.165, 1.54) is 0 Å². The summed E-state index contributed by atoms with van der Waals surface area (Å²) in [5, 5.41) is 14.8. The first-order chi connectivity index (χ1) is 13.2. The highest BCUT2D eigenvalue weighted by molar-refractivity contribution is 7.08. The fourth-order valence-corrected chi connectivity index (χ4v) is 3.64. The Morgan fingerprint density at radius 1 is 1.26 bits per heavy atom. The molecule has 0 spiro atoms. The zero-order valence-corrected chi connectivity index (χ0v) is 15.4. The maximum absolute atomic E-state index is 12.4. The highest BCUT2D eigenvalue weighted by Gasteiger charge is 2.24. The molecule has 0 radical (unpaired) electrons. The predicted molar refractivity (Wildman–Crippen MR) is 103 cm³/mol. The second kappa shape index (κ2) is 7.71. The van der Waals surface area contributed by atoms with Gasteiger partial charge in [-0.3, -0.25) is 9.59 Å². The van der Waals surface area contributed by atoms with Gasteiger partial charge in [0.1, 0.15) is 0 Å². The average molecular weight is 382 g/mol. The van der Waals surface area contributed by atoms with Crippen LogP contribution < -0.4 is 10.2 Å². The second-order valence-electron chi connectivity index (χ2n) is 6.23. The number of aromatic nitrogens is 2. The number of carbonyl (C=O) groups is 2. The molecule has 1 saturated heterocycles. The molecule has 2 amide bonds. The summed E-state index contributed by atoms with van der Waals surface area (Å²) in [6, 6.07) is 9.27. The van der Waals surface area contributed by atoms with Crippen molar-refractivity contribution >= 4 is 34.5 Å². The van der Waals surface area contributed by atoms with E-state index >= 15 is 0 Å². The molecule has 1 N–H and O–H groups in total. The predicted octanol–water partition coefficient (Wildman–Crippen LogP) is 3.50. The lowest BCUT2D eigenvalue weighted by atomic mass is 10.2. The van der Waals surface area contributed by atoms with Crippen molar-refractivity contribution in [3.8, 4) is 11.5 Å². The van der Waals surface area contributed by atoms with E-state index in [9.17, 15) is 9.59 Å². The first kappa shape index (κ1) is 17.4. The number of aryl methyl sites for hydroxylation is 1. The second-order valence-corrected chi connectivity index (χ2v) is 7.01. The van der Waals surface area contributed by atoms with Gasteiger partial charge in [-0.2, -0.15) is 11.3 Å². The van der Waals surface area contributed by atoms with E-state index in [0.717, 1.165) is 17.7 Å². The van der Waals surface area contributed by atoms with Crippen molar-refractivity contribution < 1.29 is 14.0 Å². The minimum absolute atomic E-state index is 0.0866. The minimum atomic E-state index is -0.163. The Morgan fingerprint density at radius 3 is 2.93 bits per heavy atom. The van der Waals surface area contributed by atoms with Gasteiger partial charge in [0, 0.05) is 36.8 Å². The Hall–Kier alpha value is -3.00. The monoisotopic (exact) mass is 382 g/mol. The molecule has 3 heterocycles. The van der Waals surface area contributed by atoms with Crippen LogP contribution in [-0.2, 0) is 16.0 Å². The third-order valence-electron chi connectivity index (χ3n) is 4.34. The van der Waals surface area contributed by atoms with Crippen LogP contribution >= 0.6 is 11.3 Å². The topological polar surface area (TPSA) is 88.3 Å². The molecule has 1 aliphatic rings. The number of hydrogen-bond donors (Lipinski definition) is 1. The molecule has 0 aliphatic carbocycles. The molecule has 2 aromatic heterocycles. The van der Waals surface area contributed by atoms with Gasteiger partial charge in [-0.05, 0) is 30.0 Å². The number of nitrogens with one attached hydrogen (secondary N) is 1. The lowest BCUT2D eigenvalue weighted by Gasteiger charge is -2.19. The maximum Gasteiger partial charge on any atom is 0.248 e. The van der Waals surface area contributed by atoms with Crippen molar-refractivity contribution in [3.05, 3.63) is 47.0 Å². The van der Waals surface area contributed by atoms with Crippen molar-refractivity contribution in [1.82, 2.24) is 10.2 Å². The molecule has 27 heavy (non-hydrogen) atoms. The summed E-state index contributed by atoms with van der Waals surface area (Å²) < 4.78 is 5.60. The van der Waals surface area contributed by atoms with E-state index in [1.807, 2.05) is 35.0 Å². The summed E-state index contributed by atoms with van der Waals surface area (Å²) in [6.07, 6.45) is 1.96. The molecular weight excluding hydrogens is 364 g/mol. The standard InChI is InChI=1S/C19H18N4O3S/c24-16(7-8-17-21-22-19(26-17)13-9-11-27-12-13)20-14-4-1-2-5-15(14)23-10-3-6-18(23)25/h1-2,4-5,9,11-12H,3,6-8,10H2,(H,20,24). The molecule has 0 bridgehead atoms. The van der Waals surface area contributed by atoms with Crippen LogP contribution in [0, 0.1) is 0 Å². The number of amides is 2. The summed E-state index contributed by atoms with van der Waals surface area (Å²) in [5.74, 6) is 0.812. The first-order valence-corrected chi connectivity index (χ1v) is 9.69. The third kappa shape index (κ3) is 3.90. The lowest BCUT2D eigenvalue weighted by Crippen LogP contribution is -2.25. The minimum Gasteiger partial charge on any atom is -0.421 e. The molecular formula is C19H18N4O3S. The average Bonchev–Trinajstić information content (AvgIpc) is 3.42. The number of carbonyl (C=O) groups excluding carboxylic acids is 2. The number of anilines is 2. The molecule has 0 unspecified atom stereocenters. The lowest BCUT2D eigenvalue weighted by molar-refractivity contribution is -0.117. The van der Waals surface area contributed by atoms with Crippen molar-refractivity contribution in [1.29, 1.82) is 0 Å². The molecule has 1 aliphatic heterocycles. The van der Waals surface area contributed by atoms with Gasteiger partial charge in [0.15, 0.2) is 0 Å². The quantitative estimate of drug-likeness (QED) is 0.705. The normalized spacial score (nSPS) is 13.9. The van der Waals surface area contributed by atoms with Gasteiger partial charge in [-0.25, -0.2) is 0 Å². The third-order valence-corrected chi connectivity index (χ3v) is 5.03. The molecule has 138 valence electrons. The van der Waals surface area contributed by atoms with E-state index in [4.69, 9.17) is 4.42 Å². The molecule has 0 atom stereocenters. The molecule has 1 fully saturated rings. The van der Waals surface area contributed by atoms with Gasteiger partial charge in [-0.1, -0.05) is 12.1 Å². The van der Waals surface area contributed by atoms with Crippen molar-refractivity contribution in [2.24, 2.45) is 0 Å². The number of para-hydroxylation sites is 2. The first-order valence-electron chi connectivity index (χ1n) is 8.75. The molecule has 0 saturated carbocycles. The Labute approximate surface area is 160 Å². The molecule has 7 nitrogen and oxygen atoms in total. The fourth-order valence-electron chi connectivity index (χ4n) is 3.01. The highest BCUT2D eigenvalue weighted by atomic mass is 32.1. The SMILES string of the molecule is O=C(CCc1nnc(-c2ccsc2)o1)Nc1ccccc1N1CCCC1=O. The summed E-state index contributed by atoms with van der Waals surface area (Å²) in [7, 11) is 0. The van der Waals surface area contributed by atoms with Crippen LogP contribution in [0.15, 0.2) is 45.5 Å². The largest absolute Gasteiger partial charge is 0.421 e. The summed E-state index contributed by atoms with van der Waals surface area (Å²) >= 11 is 1.56. The summed E-state index contributed by atoms with van der Waals surface area (Å²) in [5.41, 5.74) is 2.26. The Morgan fingerprint density at radius 2 is 2.15 bits per heavy atom. The Balaban J connectivity index is 1.38. The molecule has 4 rings (SSSR count).